The quantitative estimate of drug-likeness (QED) is 0.464. The lowest BCUT2D eigenvalue weighted by Gasteiger charge is -2.19. The van der Waals surface area contributed by atoms with E-state index in [1.165, 1.54) is 0 Å². The van der Waals surface area contributed by atoms with Gasteiger partial charge in [0.05, 0.1) is 12.3 Å². The number of hydrazone groups is 1. The van der Waals surface area contributed by atoms with E-state index in [-0.39, 0.29) is 10.9 Å². The Kier molecular flexibility index (Phi) is 8.19. The minimum Gasteiger partial charge on any atom is -0.449 e. The molecule has 0 aromatic carbocycles. The van der Waals surface area contributed by atoms with E-state index in [4.69, 9.17) is 9.47 Å². The monoisotopic (exact) mass is 294 g/mol. The van der Waals surface area contributed by atoms with E-state index in [0.717, 1.165) is 5.71 Å². The first-order valence-corrected chi connectivity index (χ1v) is 6.14. The predicted molar refractivity (Wildman–Crippen MR) is 67.1 cm³/mol. The Hall–Kier alpha value is -0.620. The summed E-state index contributed by atoms with van der Waals surface area (Å²) in [4.78, 5) is 11.2. The first kappa shape index (κ1) is 15.4. The second-order valence-electron chi connectivity index (χ2n) is 3.12. The fraction of sp³-hybridized carbons (Fsp3) is 0.800. The van der Waals surface area contributed by atoms with Crippen LogP contribution in [0.1, 0.15) is 27.2 Å². The van der Waals surface area contributed by atoms with Gasteiger partial charge in [0.1, 0.15) is 6.10 Å². The highest BCUT2D eigenvalue weighted by Gasteiger charge is 2.19. The van der Waals surface area contributed by atoms with E-state index in [1.54, 1.807) is 14.0 Å². The molecule has 0 aromatic heterocycles. The van der Waals surface area contributed by atoms with Crippen molar-refractivity contribution in [1.82, 2.24) is 5.43 Å². The van der Waals surface area contributed by atoms with Crippen LogP contribution in [0, 0.1) is 0 Å². The molecule has 0 saturated heterocycles. The largest absolute Gasteiger partial charge is 0.449 e. The summed E-state index contributed by atoms with van der Waals surface area (Å²) in [5.74, 6) is 0. The number of rotatable bonds is 6. The minimum absolute atomic E-state index is 0.125. The summed E-state index contributed by atoms with van der Waals surface area (Å²) in [6.45, 7) is 5.98. The Labute approximate surface area is 105 Å². The molecule has 6 heteroatoms. The summed E-state index contributed by atoms with van der Waals surface area (Å²) in [6.07, 6.45) is -0.0154. The van der Waals surface area contributed by atoms with Crippen molar-refractivity contribution in [3.05, 3.63) is 0 Å². The van der Waals surface area contributed by atoms with E-state index in [0.29, 0.717) is 13.0 Å². The lowest BCUT2D eigenvalue weighted by atomic mass is 10.1. The maximum Gasteiger partial charge on any atom is 0.427 e. The van der Waals surface area contributed by atoms with Gasteiger partial charge >= 0.3 is 6.09 Å². The van der Waals surface area contributed by atoms with Crippen molar-refractivity contribution >= 4 is 27.7 Å². The molecular weight excluding hydrogens is 276 g/mol. The van der Waals surface area contributed by atoms with Crippen LogP contribution in [0.4, 0.5) is 4.79 Å². The second-order valence-corrected chi connectivity index (χ2v) is 4.57. The van der Waals surface area contributed by atoms with Crippen LogP contribution in [0.2, 0.25) is 0 Å². The number of halogens is 1. The van der Waals surface area contributed by atoms with Crippen molar-refractivity contribution < 1.29 is 14.3 Å². The number of alkyl halides is 1. The van der Waals surface area contributed by atoms with Gasteiger partial charge in [-0.2, -0.15) is 5.10 Å². The van der Waals surface area contributed by atoms with E-state index >= 15 is 0 Å². The summed E-state index contributed by atoms with van der Waals surface area (Å²) in [5.41, 5.74) is 3.09. The molecule has 94 valence electrons. The first-order valence-electron chi connectivity index (χ1n) is 5.22. The molecule has 2 atom stereocenters. The molecule has 0 bridgehead atoms. The van der Waals surface area contributed by atoms with Crippen molar-refractivity contribution in [3.8, 4) is 0 Å². The van der Waals surface area contributed by atoms with Crippen molar-refractivity contribution in [1.29, 1.82) is 0 Å². The third-order valence-corrected chi connectivity index (χ3v) is 2.41. The smallest absolute Gasteiger partial charge is 0.427 e. The zero-order valence-electron chi connectivity index (χ0n) is 10.1. The van der Waals surface area contributed by atoms with Gasteiger partial charge in [-0.1, -0.05) is 22.9 Å². The van der Waals surface area contributed by atoms with Crippen LogP contribution in [0.3, 0.4) is 0 Å². The van der Waals surface area contributed by atoms with Gasteiger partial charge in [0.15, 0.2) is 0 Å². The summed E-state index contributed by atoms with van der Waals surface area (Å²) in [6, 6.07) is 0. The van der Waals surface area contributed by atoms with Gasteiger partial charge in [-0.05, 0) is 20.3 Å². The molecule has 0 saturated carbocycles. The number of hydrogen-bond acceptors (Lipinski definition) is 4. The zero-order chi connectivity index (χ0) is 12.6. The van der Waals surface area contributed by atoms with Crippen LogP contribution in [0.5, 0.6) is 0 Å². The van der Waals surface area contributed by atoms with Crippen LogP contribution in [0.15, 0.2) is 5.10 Å². The molecule has 5 nitrogen and oxygen atoms in total. The fourth-order valence-electron chi connectivity index (χ4n) is 1.21. The highest BCUT2D eigenvalue weighted by atomic mass is 79.9. The summed E-state index contributed by atoms with van der Waals surface area (Å²) < 4.78 is 9.99. The molecule has 0 spiro atoms. The molecule has 2 unspecified atom stereocenters. The van der Waals surface area contributed by atoms with Crippen LogP contribution in [-0.2, 0) is 9.47 Å². The molecule has 1 N–H and O–H groups in total. The second kappa shape index (κ2) is 8.52. The van der Waals surface area contributed by atoms with Crippen LogP contribution in [-0.4, -0.2) is 36.5 Å². The number of carbonyl (C=O) groups is 1. The van der Waals surface area contributed by atoms with Gasteiger partial charge in [-0.25, -0.2) is 10.2 Å². The van der Waals surface area contributed by atoms with Crippen LogP contribution in [0.25, 0.3) is 0 Å². The fourth-order valence-corrected chi connectivity index (χ4v) is 1.73. The molecule has 0 radical (unpaired) electrons. The Balaban J connectivity index is 4.45. The number of methoxy groups -OCH3 is 1. The van der Waals surface area contributed by atoms with Crippen molar-refractivity contribution in [2.75, 3.05) is 13.7 Å². The summed E-state index contributed by atoms with van der Waals surface area (Å²) >= 11 is 3.43. The Bertz CT molecular complexity index is 244. The number of nitrogens with zero attached hydrogens (tertiary/aromatic N) is 1. The topological polar surface area (TPSA) is 59.9 Å². The molecule has 1 amide bonds. The Morgan fingerprint density at radius 2 is 2.12 bits per heavy atom. The average molecular weight is 295 g/mol. The van der Waals surface area contributed by atoms with Gasteiger partial charge < -0.3 is 9.47 Å². The van der Waals surface area contributed by atoms with Crippen molar-refractivity contribution in [2.45, 2.75) is 38.1 Å². The number of carbonyl (C=O) groups excluding carboxylic acids is 1. The normalized spacial score (nSPS) is 15.4. The van der Waals surface area contributed by atoms with Crippen molar-refractivity contribution in [2.24, 2.45) is 5.10 Å². The number of ether oxygens (including phenoxy) is 2. The number of nitrogens with one attached hydrogen (secondary N) is 1. The maximum atomic E-state index is 11.1. The standard InChI is InChI=1S/C10H19BrN2O3/c1-5-8(9(15-4)7(3)11)12-13-10(14)16-6-2/h7,9H,5-6H2,1-4H3,(H,13,14)/b12-8+. The third kappa shape index (κ3) is 5.46. The highest BCUT2D eigenvalue weighted by molar-refractivity contribution is 9.09. The molecule has 0 aliphatic rings. The maximum absolute atomic E-state index is 11.1. The lowest BCUT2D eigenvalue weighted by Crippen LogP contribution is -2.32. The molecular formula is C10H19BrN2O3. The minimum atomic E-state index is -0.550. The van der Waals surface area contributed by atoms with E-state index < -0.39 is 6.09 Å². The van der Waals surface area contributed by atoms with Crippen LogP contribution >= 0.6 is 15.9 Å². The van der Waals surface area contributed by atoms with Crippen LogP contribution < -0.4 is 5.43 Å². The Morgan fingerprint density at radius 3 is 2.50 bits per heavy atom. The van der Waals surface area contributed by atoms with Gasteiger partial charge in [-0.15, -0.1) is 0 Å². The van der Waals surface area contributed by atoms with Gasteiger partial charge in [-0.3, -0.25) is 0 Å². The van der Waals surface area contributed by atoms with Gasteiger partial charge in [0.25, 0.3) is 0 Å². The molecule has 0 aromatic rings. The first-order chi connectivity index (χ1) is 7.56. The Morgan fingerprint density at radius 1 is 1.50 bits per heavy atom. The van der Waals surface area contributed by atoms with E-state index in [1.807, 2.05) is 13.8 Å². The van der Waals surface area contributed by atoms with Gasteiger partial charge in [0.2, 0.25) is 0 Å². The van der Waals surface area contributed by atoms with Crippen molar-refractivity contribution in [3.63, 3.8) is 0 Å². The molecule has 0 heterocycles. The number of amides is 1. The third-order valence-electron chi connectivity index (χ3n) is 1.93. The molecule has 0 fully saturated rings. The molecule has 16 heavy (non-hydrogen) atoms. The van der Waals surface area contributed by atoms with E-state index in [2.05, 4.69) is 26.5 Å². The SMILES string of the molecule is CCOC(=O)N/N=C(\CC)C(OC)C(C)Br. The molecule has 0 aliphatic carbocycles. The predicted octanol–water partition coefficient (Wildman–Crippen LogP) is 2.30. The highest BCUT2D eigenvalue weighted by Crippen LogP contribution is 2.11. The lowest BCUT2D eigenvalue weighted by molar-refractivity contribution is 0.149. The molecule has 0 aliphatic heterocycles. The van der Waals surface area contributed by atoms with Gasteiger partial charge in [0, 0.05) is 11.9 Å². The summed E-state index contributed by atoms with van der Waals surface area (Å²) in [7, 11) is 1.61. The summed E-state index contributed by atoms with van der Waals surface area (Å²) in [5, 5.41) is 3.99. The zero-order valence-corrected chi connectivity index (χ0v) is 11.7. The molecule has 0 rings (SSSR count). The average Bonchev–Trinajstić information content (AvgIpc) is 2.23. The van der Waals surface area contributed by atoms with E-state index in [9.17, 15) is 4.79 Å². The number of hydrogen-bond donors (Lipinski definition) is 1.